The summed E-state index contributed by atoms with van der Waals surface area (Å²) in [6.07, 6.45) is 2.86. The number of nitrogens with one attached hydrogen (secondary N) is 2. The molecule has 182 valence electrons. The van der Waals surface area contributed by atoms with Crippen molar-refractivity contribution in [2.45, 2.75) is 0 Å². The van der Waals surface area contributed by atoms with Crippen LogP contribution >= 0.6 is 0 Å². The van der Waals surface area contributed by atoms with E-state index in [1.54, 1.807) is 48.5 Å². The van der Waals surface area contributed by atoms with Gasteiger partial charge in [0.15, 0.2) is 0 Å². The molecule has 3 rings (SSSR count). The molecule has 3 aromatic rings. The molecule has 0 heterocycles. The van der Waals surface area contributed by atoms with Crippen molar-refractivity contribution in [2.75, 3.05) is 14.2 Å². The topological polar surface area (TPSA) is 136 Å². The van der Waals surface area contributed by atoms with Gasteiger partial charge in [0.1, 0.15) is 0 Å². The van der Waals surface area contributed by atoms with Crippen molar-refractivity contribution in [3.05, 3.63) is 106 Å². The summed E-state index contributed by atoms with van der Waals surface area (Å²) in [6, 6.07) is 18.9. The Balaban J connectivity index is 1.50. The number of carbonyl (C=O) groups excluding carboxylic acids is 4. The normalized spacial score (nSPS) is 10.7. The van der Waals surface area contributed by atoms with E-state index >= 15 is 0 Å². The third-order valence-electron chi connectivity index (χ3n) is 4.83. The van der Waals surface area contributed by atoms with E-state index in [0.717, 1.165) is 0 Å². The molecule has 0 fully saturated rings. The Labute approximate surface area is 206 Å². The van der Waals surface area contributed by atoms with Crippen LogP contribution < -0.4 is 10.9 Å². The van der Waals surface area contributed by atoms with Gasteiger partial charge in [-0.15, -0.1) is 0 Å². The van der Waals surface area contributed by atoms with Gasteiger partial charge in [0.2, 0.25) is 0 Å². The molecule has 3 aromatic carbocycles. The van der Waals surface area contributed by atoms with Gasteiger partial charge in [-0.3, -0.25) is 9.59 Å². The molecule has 36 heavy (non-hydrogen) atoms. The number of methoxy groups -OCH3 is 2. The predicted molar refractivity (Wildman–Crippen MR) is 132 cm³/mol. The average molecular weight is 486 g/mol. The van der Waals surface area contributed by atoms with E-state index in [0.29, 0.717) is 33.4 Å². The number of benzene rings is 3. The second-order valence-corrected chi connectivity index (χ2v) is 7.20. The summed E-state index contributed by atoms with van der Waals surface area (Å²) in [5.41, 5.74) is 7.57. The summed E-state index contributed by atoms with van der Waals surface area (Å²) in [6.45, 7) is 0. The van der Waals surface area contributed by atoms with Gasteiger partial charge >= 0.3 is 11.9 Å². The first-order valence-electron chi connectivity index (χ1n) is 10.5. The number of ether oxygens (including phenoxy) is 2. The number of hydrogen-bond acceptors (Lipinski definition) is 8. The minimum absolute atomic E-state index is 0.305. The van der Waals surface area contributed by atoms with Crippen molar-refractivity contribution < 1.29 is 28.7 Å². The fourth-order valence-electron chi connectivity index (χ4n) is 2.88. The standard InChI is InChI=1S/C26H22N4O6/c1-35-25(33)21-7-3-17(4-8-21)15-27-29-23(31)19-11-13-20(14-12-19)24(32)30-28-16-18-5-9-22(10-6-18)26(34)36-2/h3-16H,1-2H3,(H,29,31)(H,30,32)/b27-15+,28-16+. The summed E-state index contributed by atoms with van der Waals surface area (Å²) in [5.74, 6) is -1.81. The van der Waals surface area contributed by atoms with Crippen molar-refractivity contribution in [2.24, 2.45) is 10.2 Å². The zero-order chi connectivity index (χ0) is 25.9. The van der Waals surface area contributed by atoms with Crippen LogP contribution in [0.1, 0.15) is 52.6 Å². The number of hydrazone groups is 2. The molecule has 0 unspecified atom stereocenters. The maximum Gasteiger partial charge on any atom is 0.337 e. The Morgan fingerprint density at radius 3 is 1.17 bits per heavy atom. The Hall–Kier alpha value is -5.12. The van der Waals surface area contributed by atoms with Gasteiger partial charge in [-0.2, -0.15) is 10.2 Å². The molecule has 10 nitrogen and oxygen atoms in total. The number of rotatable bonds is 8. The molecule has 10 heteroatoms. The van der Waals surface area contributed by atoms with Gasteiger partial charge in [-0.05, 0) is 59.7 Å². The lowest BCUT2D eigenvalue weighted by molar-refractivity contribution is 0.0592. The molecular formula is C26H22N4O6. The fraction of sp³-hybridized carbons (Fsp3) is 0.0769. The molecule has 0 aliphatic heterocycles. The average Bonchev–Trinajstić information content (AvgIpc) is 2.92. The van der Waals surface area contributed by atoms with Crippen LogP contribution in [0.3, 0.4) is 0 Å². The van der Waals surface area contributed by atoms with Crippen molar-refractivity contribution >= 4 is 36.2 Å². The molecule has 0 aliphatic carbocycles. The second-order valence-electron chi connectivity index (χ2n) is 7.20. The van der Waals surface area contributed by atoms with E-state index < -0.39 is 23.8 Å². The lowest BCUT2D eigenvalue weighted by Crippen LogP contribution is -2.19. The third kappa shape index (κ3) is 6.94. The number of carbonyl (C=O) groups is 4. The Bertz CT molecular complexity index is 1200. The zero-order valence-electron chi connectivity index (χ0n) is 19.4. The first-order valence-corrected chi connectivity index (χ1v) is 10.5. The lowest BCUT2D eigenvalue weighted by atomic mass is 10.1. The molecule has 0 bridgehead atoms. The van der Waals surface area contributed by atoms with Crippen LogP contribution in [0, 0.1) is 0 Å². The highest BCUT2D eigenvalue weighted by atomic mass is 16.5. The first kappa shape index (κ1) is 25.5. The molecule has 0 atom stereocenters. The van der Waals surface area contributed by atoms with E-state index in [-0.39, 0.29) is 0 Å². The maximum atomic E-state index is 12.3. The van der Waals surface area contributed by atoms with Crippen molar-refractivity contribution in [3.63, 3.8) is 0 Å². The van der Waals surface area contributed by atoms with Crippen LogP contribution in [0.15, 0.2) is 83.0 Å². The predicted octanol–water partition coefficient (Wildman–Crippen LogP) is 2.79. The quantitative estimate of drug-likeness (QED) is 0.286. The molecule has 0 saturated heterocycles. The zero-order valence-corrected chi connectivity index (χ0v) is 19.4. The monoisotopic (exact) mass is 486 g/mol. The van der Waals surface area contributed by atoms with E-state index in [1.165, 1.54) is 50.9 Å². The van der Waals surface area contributed by atoms with E-state index in [4.69, 9.17) is 0 Å². The van der Waals surface area contributed by atoms with Crippen molar-refractivity contribution in [1.82, 2.24) is 10.9 Å². The van der Waals surface area contributed by atoms with Crippen LogP contribution in [0.2, 0.25) is 0 Å². The summed E-state index contributed by atoms with van der Waals surface area (Å²) in [7, 11) is 2.60. The number of amides is 2. The summed E-state index contributed by atoms with van der Waals surface area (Å²) >= 11 is 0. The molecule has 0 aromatic heterocycles. The van der Waals surface area contributed by atoms with Crippen LogP contribution in [-0.4, -0.2) is 50.4 Å². The number of esters is 2. The van der Waals surface area contributed by atoms with Crippen molar-refractivity contribution in [3.8, 4) is 0 Å². The molecule has 2 N–H and O–H groups in total. The smallest absolute Gasteiger partial charge is 0.337 e. The summed E-state index contributed by atoms with van der Waals surface area (Å²) in [4.78, 5) is 47.4. The fourth-order valence-corrected chi connectivity index (χ4v) is 2.88. The molecule has 2 amide bonds. The highest BCUT2D eigenvalue weighted by Gasteiger charge is 2.09. The third-order valence-corrected chi connectivity index (χ3v) is 4.83. The van der Waals surface area contributed by atoms with Gasteiger partial charge in [-0.25, -0.2) is 20.4 Å². The van der Waals surface area contributed by atoms with E-state index in [2.05, 4.69) is 30.5 Å². The van der Waals surface area contributed by atoms with Crippen LogP contribution in [0.25, 0.3) is 0 Å². The van der Waals surface area contributed by atoms with Crippen LogP contribution in [-0.2, 0) is 9.47 Å². The molecule has 0 spiro atoms. The van der Waals surface area contributed by atoms with Crippen molar-refractivity contribution in [1.29, 1.82) is 0 Å². The second kappa shape index (κ2) is 12.4. The van der Waals surface area contributed by atoms with Crippen LogP contribution in [0.4, 0.5) is 0 Å². The van der Waals surface area contributed by atoms with Gasteiger partial charge in [-0.1, -0.05) is 24.3 Å². The Morgan fingerprint density at radius 1 is 0.556 bits per heavy atom. The minimum atomic E-state index is -0.460. The highest BCUT2D eigenvalue weighted by Crippen LogP contribution is 2.07. The number of nitrogens with zero attached hydrogens (tertiary/aromatic N) is 2. The van der Waals surface area contributed by atoms with Gasteiger partial charge in [0.05, 0.1) is 37.8 Å². The van der Waals surface area contributed by atoms with E-state index in [9.17, 15) is 19.2 Å². The SMILES string of the molecule is COC(=O)c1ccc(/C=N/NC(=O)c2ccc(C(=O)N/N=C/c3ccc(C(=O)OC)cc3)cc2)cc1. The number of hydrogen-bond donors (Lipinski definition) is 2. The first-order chi connectivity index (χ1) is 17.4. The lowest BCUT2D eigenvalue weighted by Gasteiger charge is -2.03. The Morgan fingerprint density at radius 2 is 0.861 bits per heavy atom. The molecular weight excluding hydrogens is 464 g/mol. The van der Waals surface area contributed by atoms with Gasteiger partial charge in [0, 0.05) is 11.1 Å². The highest BCUT2D eigenvalue weighted by molar-refractivity contribution is 5.98. The van der Waals surface area contributed by atoms with Gasteiger partial charge < -0.3 is 9.47 Å². The minimum Gasteiger partial charge on any atom is -0.465 e. The maximum absolute atomic E-state index is 12.3. The molecule has 0 saturated carbocycles. The van der Waals surface area contributed by atoms with E-state index in [1.807, 2.05) is 0 Å². The summed E-state index contributed by atoms with van der Waals surface area (Å²) in [5, 5.41) is 7.79. The molecule has 0 aliphatic rings. The molecule has 0 radical (unpaired) electrons. The Kier molecular flexibility index (Phi) is 8.76. The summed E-state index contributed by atoms with van der Waals surface area (Å²) < 4.78 is 9.28. The van der Waals surface area contributed by atoms with Crippen LogP contribution in [0.5, 0.6) is 0 Å². The van der Waals surface area contributed by atoms with Gasteiger partial charge in [0.25, 0.3) is 11.8 Å². The largest absolute Gasteiger partial charge is 0.465 e.